The van der Waals surface area contributed by atoms with Crippen LogP contribution in [-0.4, -0.2) is 5.54 Å². The summed E-state index contributed by atoms with van der Waals surface area (Å²) in [6.45, 7) is 4.41. The Balaban J connectivity index is 2.41. The highest BCUT2D eigenvalue weighted by atomic mass is 14.9. The molecule has 1 aromatic rings. The van der Waals surface area contributed by atoms with E-state index in [2.05, 4.69) is 31.9 Å². The van der Waals surface area contributed by atoms with Gasteiger partial charge in [0.15, 0.2) is 0 Å². The normalized spacial score (nSPS) is 18.3. The van der Waals surface area contributed by atoms with E-state index in [1.807, 2.05) is 12.1 Å². The predicted octanol–water partition coefficient (Wildman–Crippen LogP) is 2.44. The lowest BCUT2D eigenvalue weighted by molar-refractivity contribution is 0.391. The maximum absolute atomic E-state index is 6.30. The zero-order valence-electron chi connectivity index (χ0n) is 9.38. The SMILES string of the molecule is C#Cc1cccc(C(C)(C)C2(N)CC2)c1. The van der Waals surface area contributed by atoms with Crippen LogP contribution >= 0.6 is 0 Å². The van der Waals surface area contributed by atoms with Gasteiger partial charge in [0, 0.05) is 16.5 Å². The van der Waals surface area contributed by atoms with Crippen molar-refractivity contribution in [3.05, 3.63) is 35.4 Å². The third-order valence-corrected chi connectivity index (χ3v) is 3.78. The molecule has 0 aliphatic heterocycles. The zero-order valence-corrected chi connectivity index (χ0v) is 9.38. The van der Waals surface area contributed by atoms with Crippen molar-refractivity contribution in [3.8, 4) is 12.3 Å². The summed E-state index contributed by atoms with van der Waals surface area (Å²) < 4.78 is 0. The van der Waals surface area contributed by atoms with Crippen LogP contribution in [0.4, 0.5) is 0 Å². The molecule has 1 aromatic carbocycles. The summed E-state index contributed by atoms with van der Waals surface area (Å²) in [4.78, 5) is 0. The molecule has 15 heavy (non-hydrogen) atoms. The van der Waals surface area contributed by atoms with E-state index in [0.717, 1.165) is 18.4 Å². The van der Waals surface area contributed by atoms with Crippen molar-refractivity contribution in [2.75, 3.05) is 0 Å². The van der Waals surface area contributed by atoms with Gasteiger partial charge >= 0.3 is 0 Å². The van der Waals surface area contributed by atoms with E-state index in [-0.39, 0.29) is 11.0 Å². The van der Waals surface area contributed by atoms with Gasteiger partial charge in [-0.25, -0.2) is 0 Å². The van der Waals surface area contributed by atoms with Crippen molar-refractivity contribution in [2.45, 2.75) is 37.6 Å². The largest absolute Gasteiger partial charge is 0.324 e. The Bertz CT molecular complexity index is 419. The maximum atomic E-state index is 6.30. The number of benzene rings is 1. The van der Waals surface area contributed by atoms with Gasteiger partial charge in [-0.15, -0.1) is 6.42 Å². The highest BCUT2D eigenvalue weighted by Gasteiger charge is 2.51. The monoisotopic (exact) mass is 199 g/mol. The summed E-state index contributed by atoms with van der Waals surface area (Å²) in [5, 5.41) is 0. The second-order valence-electron chi connectivity index (χ2n) is 5.01. The topological polar surface area (TPSA) is 26.0 Å². The molecular weight excluding hydrogens is 182 g/mol. The van der Waals surface area contributed by atoms with Gasteiger partial charge in [0.1, 0.15) is 0 Å². The Morgan fingerprint density at radius 3 is 2.60 bits per heavy atom. The number of hydrogen-bond donors (Lipinski definition) is 1. The third-order valence-electron chi connectivity index (χ3n) is 3.78. The van der Waals surface area contributed by atoms with Gasteiger partial charge in [-0.1, -0.05) is 31.9 Å². The fourth-order valence-electron chi connectivity index (χ4n) is 2.04. The maximum Gasteiger partial charge on any atom is 0.0248 e. The standard InChI is InChI=1S/C14H17N/c1-4-11-6-5-7-12(10-11)13(2,3)14(15)8-9-14/h1,5-7,10H,8-9,15H2,2-3H3. The number of hydrogen-bond acceptors (Lipinski definition) is 1. The lowest BCUT2D eigenvalue weighted by atomic mass is 9.75. The van der Waals surface area contributed by atoms with E-state index in [9.17, 15) is 0 Å². The molecule has 1 nitrogen and oxygen atoms in total. The zero-order chi connectivity index (χ0) is 11.1. The van der Waals surface area contributed by atoms with Crippen LogP contribution in [0.5, 0.6) is 0 Å². The fraction of sp³-hybridized carbons (Fsp3) is 0.429. The van der Waals surface area contributed by atoms with Crippen molar-refractivity contribution in [2.24, 2.45) is 5.73 Å². The molecule has 0 spiro atoms. The average molecular weight is 199 g/mol. The molecule has 0 amide bonds. The molecule has 0 radical (unpaired) electrons. The summed E-state index contributed by atoms with van der Waals surface area (Å²) in [7, 11) is 0. The molecular formula is C14H17N. The van der Waals surface area contributed by atoms with Crippen LogP contribution in [-0.2, 0) is 5.41 Å². The molecule has 2 rings (SSSR count). The quantitative estimate of drug-likeness (QED) is 0.727. The molecule has 0 unspecified atom stereocenters. The Kier molecular flexibility index (Phi) is 2.13. The first-order valence-corrected chi connectivity index (χ1v) is 5.36. The Labute approximate surface area is 91.7 Å². The van der Waals surface area contributed by atoms with Crippen LogP contribution in [0.1, 0.15) is 37.8 Å². The minimum absolute atomic E-state index is 0.0138. The van der Waals surface area contributed by atoms with Crippen molar-refractivity contribution in [1.29, 1.82) is 0 Å². The molecule has 78 valence electrons. The van der Waals surface area contributed by atoms with E-state index in [1.54, 1.807) is 0 Å². The molecule has 2 N–H and O–H groups in total. The summed E-state index contributed by atoms with van der Waals surface area (Å²) in [5.41, 5.74) is 8.47. The minimum atomic E-state index is -0.0276. The minimum Gasteiger partial charge on any atom is -0.324 e. The second-order valence-corrected chi connectivity index (χ2v) is 5.01. The van der Waals surface area contributed by atoms with Crippen LogP contribution in [0.15, 0.2) is 24.3 Å². The molecule has 1 heteroatoms. The van der Waals surface area contributed by atoms with Crippen molar-refractivity contribution < 1.29 is 0 Å². The van der Waals surface area contributed by atoms with Crippen LogP contribution in [0, 0.1) is 12.3 Å². The molecule has 1 aliphatic carbocycles. The van der Waals surface area contributed by atoms with Crippen LogP contribution < -0.4 is 5.73 Å². The molecule has 1 saturated carbocycles. The van der Waals surface area contributed by atoms with Crippen molar-refractivity contribution >= 4 is 0 Å². The summed E-state index contributed by atoms with van der Waals surface area (Å²) in [6.07, 6.45) is 7.63. The highest BCUT2D eigenvalue weighted by Crippen LogP contribution is 2.49. The predicted molar refractivity (Wildman–Crippen MR) is 63.6 cm³/mol. The number of terminal acetylenes is 1. The third kappa shape index (κ3) is 1.56. The van der Waals surface area contributed by atoms with Gasteiger partial charge in [-0.2, -0.15) is 0 Å². The Morgan fingerprint density at radius 1 is 1.40 bits per heavy atom. The van der Waals surface area contributed by atoms with Gasteiger partial charge in [-0.05, 0) is 30.5 Å². The molecule has 0 atom stereocenters. The number of nitrogens with two attached hydrogens (primary N) is 1. The first kappa shape index (κ1) is 10.3. The van der Waals surface area contributed by atoms with E-state index >= 15 is 0 Å². The first-order chi connectivity index (χ1) is 6.99. The molecule has 0 heterocycles. The summed E-state index contributed by atoms with van der Waals surface area (Å²) >= 11 is 0. The Hall–Kier alpha value is -1.26. The average Bonchev–Trinajstić information content (AvgIpc) is 2.98. The first-order valence-electron chi connectivity index (χ1n) is 5.36. The van der Waals surface area contributed by atoms with E-state index < -0.39 is 0 Å². The van der Waals surface area contributed by atoms with E-state index in [4.69, 9.17) is 12.2 Å². The summed E-state index contributed by atoms with van der Waals surface area (Å²) in [5.74, 6) is 2.67. The molecule has 0 saturated heterocycles. The van der Waals surface area contributed by atoms with E-state index in [0.29, 0.717) is 0 Å². The van der Waals surface area contributed by atoms with Crippen molar-refractivity contribution in [3.63, 3.8) is 0 Å². The van der Waals surface area contributed by atoms with Crippen LogP contribution in [0.3, 0.4) is 0 Å². The fourth-order valence-corrected chi connectivity index (χ4v) is 2.04. The van der Waals surface area contributed by atoms with E-state index in [1.165, 1.54) is 5.56 Å². The molecule has 0 bridgehead atoms. The van der Waals surface area contributed by atoms with Gasteiger partial charge in [-0.3, -0.25) is 0 Å². The van der Waals surface area contributed by atoms with Crippen molar-refractivity contribution in [1.82, 2.24) is 0 Å². The van der Waals surface area contributed by atoms with Crippen LogP contribution in [0.2, 0.25) is 0 Å². The van der Waals surface area contributed by atoms with Gasteiger partial charge in [0.2, 0.25) is 0 Å². The molecule has 1 aliphatic rings. The van der Waals surface area contributed by atoms with Crippen LogP contribution in [0.25, 0.3) is 0 Å². The van der Waals surface area contributed by atoms with Gasteiger partial charge < -0.3 is 5.73 Å². The highest BCUT2D eigenvalue weighted by molar-refractivity contribution is 5.41. The second kappa shape index (κ2) is 3.12. The smallest absolute Gasteiger partial charge is 0.0248 e. The number of rotatable bonds is 2. The lowest BCUT2D eigenvalue weighted by Gasteiger charge is -2.32. The van der Waals surface area contributed by atoms with Gasteiger partial charge in [0.25, 0.3) is 0 Å². The van der Waals surface area contributed by atoms with Gasteiger partial charge in [0.05, 0.1) is 0 Å². The molecule has 0 aromatic heterocycles. The molecule has 1 fully saturated rings. The Morgan fingerprint density at radius 2 is 2.07 bits per heavy atom. The summed E-state index contributed by atoms with van der Waals surface area (Å²) in [6, 6.07) is 8.16. The lowest BCUT2D eigenvalue weighted by Crippen LogP contribution is -2.43.